The largest absolute Gasteiger partial charge is 0.330 e. The topological polar surface area (TPSA) is 29.3 Å². The molecule has 0 aromatic rings. The van der Waals surface area contributed by atoms with Crippen molar-refractivity contribution >= 4 is 0 Å². The molecule has 1 heterocycles. The van der Waals surface area contributed by atoms with Crippen LogP contribution in [0.25, 0.3) is 0 Å². The van der Waals surface area contributed by atoms with Crippen LogP contribution in [0, 0.1) is 11.8 Å². The van der Waals surface area contributed by atoms with Crippen LogP contribution in [-0.2, 0) is 0 Å². The fraction of sp³-hybridized carbons (Fsp3) is 1.00. The lowest BCUT2D eigenvalue weighted by atomic mass is 9.78. The van der Waals surface area contributed by atoms with Gasteiger partial charge in [-0.3, -0.25) is 0 Å². The molecule has 2 nitrogen and oxygen atoms in total. The molecule has 1 fully saturated rings. The molecule has 0 aromatic heterocycles. The van der Waals surface area contributed by atoms with E-state index in [9.17, 15) is 0 Å². The molecule has 2 N–H and O–H groups in total. The van der Waals surface area contributed by atoms with Crippen molar-refractivity contribution < 1.29 is 0 Å². The average molecular weight is 170 g/mol. The first-order valence-corrected chi connectivity index (χ1v) is 4.94. The molecule has 0 aromatic carbocycles. The summed E-state index contributed by atoms with van der Waals surface area (Å²) in [7, 11) is 2.22. The minimum atomic E-state index is 0.328. The molecule has 0 amide bonds. The molecule has 0 radical (unpaired) electrons. The van der Waals surface area contributed by atoms with Crippen LogP contribution in [0.3, 0.4) is 0 Å². The van der Waals surface area contributed by atoms with Gasteiger partial charge in [-0.25, -0.2) is 0 Å². The van der Waals surface area contributed by atoms with Crippen molar-refractivity contribution in [3.8, 4) is 0 Å². The van der Waals surface area contributed by atoms with Gasteiger partial charge >= 0.3 is 0 Å². The highest BCUT2D eigenvalue weighted by atomic mass is 15.2. The number of hydrogen-bond donors (Lipinski definition) is 1. The van der Waals surface area contributed by atoms with Gasteiger partial charge in [-0.1, -0.05) is 13.8 Å². The molecule has 0 saturated carbocycles. The standard InChI is InChI=1S/C10H22N2/c1-8(2)10(3)9(7-11)5-6-12(10)4/h8-9H,5-7,11H2,1-4H3. The maximum absolute atomic E-state index is 5.78. The van der Waals surface area contributed by atoms with Gasteiger partial charge < -0.3 is 10.6 Å². The van der Waals surface area contributed by atoms with Gasteiger partial charge in [-0.2, -0.15) is 0 Å². The van der Waals surface area contributed by atoms with E-state index in [1.54, 1.807) is 0 Å². The molecular weight excluding hydrogens is 148 g/mol. The Morgan fingerprint density at radius 2 is 2.17 bits per heavy atom. The maximum Gasteiger partial charge on any atom is 0.0241 e. The zero-order valence-electron chi connectivity index (χ0n) is 8.80. The Balaban J connectivity index is 2.81. The normalized spacial score (nSPS) is 38.0. The molecule has 2 heteroatoms. The summed E-state index contributed by atoms with van der Waals surface area (Å²) in [6.07, 6.45) is 1.27. The second-order valence-electron chi connectivity index (χ2n) is 4.52. The Kier molecular flexibility index (Phi) is 2.79. The molecule has 0 bridgehead atoms. The van der Waals surface area contributed by atoms with Crippen LogP contribution in [0.1, 0.15) is 27.2 Å². The molecular formula is C10H22N2. The van der Waals surface area contributed by atoms with Gasteiger partial charge in [0.15, 0.2) is 0 Å². The van der Waals surface area contributed by atoms with Crippen molar-refractivity contribution in [1.29, 1.82) is 0 Å². The smallest absolute Gasteiger partial charge is 0.0241 e. The van der Waals surface area contributed by atoms with E-state index in [0.717, 1.165) is 6.54 Å². The molecule has 1 aliphatic rings. The van der Waals surface area contributed by atoms with E-state index in [-0.39, 0.29) is 0 Å². The van der Waals surface area contributed by atoms with E-state index in [4.69, 9.17) is 5.73 Å². The Morgan fingerprint density at radius 1 is 1.58 bits per heavy atom. The summed E-state index contributed by atoms with van der Waals surface area (Å²) in [5, 5.41) is 0. The first-order valence-electron chi connectivity index (χ1n) is 4.94. The lowest BCUT2D eigenvalue weighted by Gasteiger charge is -2.41. The minimum Gasteiger partial charge on any atom is -0.330 e. The third-order valence-electron chi connectivity index (χ3n) is 3.92. The van der Waals surface area contributed by atoms with Crippen LogP contribution >= 0.6 is 0 Å². The number of nitrogens with two attached hydrogens (primary N) is 1. The zero-order valence-corrected chi connectivity index (χ0v) is 8.80. The predicted molar refractivity (Wildman–Crippen MR) is 53.0 cm³/mol. The van der Waals surface area contributed by atoms with Crippen molar-refractivity contribution in [2.75, 3.05) is 20.1 Å². The summed E-state index contributed by atoms with van der Waals surface area (Å²) < 4.78 is 0. The second-order valence-corrected chi connectivity index (χ2v) is 4.52. The van der Waals surface area contributed by atoms with E-state index in [1.165, 1.54) is 13.0 Å². The van der Waals surface area contributed by atoms with E-state index in [1.807, 2.05) is 0 Å². The second kappa shape index (κ2) is 3.35. The summed E-state index contributed by atoms with van der Waals surface area (Å²) in [5.74, 6) is 1.38. The minimum absolute atomic E-state index is 0.328. The fourth-order valence-electron chi connectivity index (χ4n) is 2.46. The number of likely N-dealkylation sites (tertiary alicyclic amines) is 1. The highest BCUT2D eigenvalue weighted by molar-refractivity contribution is 4.99. The Hall–Kier alpha value is -0.0800. The third-order valence-corrected chi connectivity index (χ3v) is 3.92. The lowest BCUT2D eigenvalue weighted by molar-refractivity contribution is 0.0965. The average Bonchev–Trinajstić information content (AvgIpc) is 2.30. The highest BCUT2D eigenvalue weighted by Crippen LogP contribution is 2.38. The monoisotopic (exact) mass is 170 g/mol. The van der Waals surface area contributed by atoms with Crippen LogP contribution < -0.4 is 5.73 Å². The van der Waals surface area contributed by atoms with E-state index < -0.39 is 0 Å². The fourth-order valence-corrected chi connectivity index (χ4v) is 2.46. The van der Waals surface area contributed by atoms with E-state index in [2.05, 4.69) is 32.7 Å². The molecule has 0 spiro atoms. The summed E-state index contributed by atoms with van der Waals surface area (Å²) in [5.41, 5.74) is 6.11. The number of hydrogen-bond acceptors (Lipinski definition) is 2. The zero-order chi connectivity index (χ0) is 9.35. The van der Waals surface area contributed by atoms with Crippen LogP contribution in [0.2, 0.25) is 0 Å². The highest BCUT2D eigenvalue weighted by Gasteiger charge is 2.44. The van der Waals surface area contributed by atoms with Crippen LogP contribution in [-0.4, -0.2) is 30.6 Å². The molecule has 12 heavy (non-hydrogen) atoms. The van der Waals surface area contributed by atoms with Gasteiger partial charge in [-0.05, 0) is 45.3 Å². The van der Waals surface area contributed by atoms with Gasteiger partial charge in [0.25, 0.3) is 0 Å². The Bertz CT molecular complexity index is 156. The lowest BCUT2D eigenvalue weighted by Crippen LogP contribution is -2.49. The molecule has 2 unspecified atom stereocenters. The van der Waals surface area contributed by atoms with Crippen molar-refractivity contribution in [3.63, 3.8) is 0 Å². The molecule has 2 atom stereocenters. The van der Waals surface area contributed by atoms with Crippen molar-refractivity contribution in [2.24, 2.45) is 17.6 Å². The van der Waals surface area contributed by atoms with E-state index >= 15 is 0 Å². The van der Waals surface area contributed by atoms with Gasteiger partial charge in [0.05, 0.1) is 0 Å². The first kappa shape index (κ1) is 10.0. The summed E-state index contributed by atoms with van der Waals surface area (Å²) in [6, 6.07) is 0. The van der Waals surface area contributed by atoms with E-state index in [0.29, 0.717) is 17.4 Å². The molecule has 72 valence electrons. The van der Waals surface area contributed by atoms with Crippen LogP contribution in [0.4, 0.5) is 0 Å². The molecule has 1 rings (SSSR count). The van der Waals surface area contributed by atoms with Crippen molar-refractivity contribution in [1.82, 2.24) is 4.90 Å². The Labute approximate surface area is 76.1 Å². The quantitative estimate of drug-likeness (QED) is 0.677. The van der Waals surface area contributed by atoms with Crippen molar-refractivity contribution in [2.45, 2.75) is 32.7 Å². The summed E-state index contributed by atoms with van der Waals surface area (Å²) in [6.45, 7) is 8.98. The van der Waals surface area contributed by atoms with Crippen LogP contribution in [0.5, 0.6) is 0 Å². The SMILES string of the molecule is CC(C)C1(C)C(CN)CCN1C. The number of nitrogens with zero attached hydrogens (tertiary/aromatic N) is 1. The molecule has 1 saturated heterocycles. The summed E-state index contributed by atoms with van der Waals surface area (Å²) >= 11 is 0. The van der Waals surface area contributed by atoms with Crippen LogP contribution in [0.15, 0.2) is 0 Å². The van der Waals surface area contributed by atoms with Crippen molar-refractivity contribution in [3.05, 3.63) is 0 Å². The molecule has 1 aliphatic heterocycles. The van der Waals surface area contributed by atoms with Gasteiger partial charge in [0, 0.05) is 5.54 Å². The van der Waals surface area contributed by atoms with Gasteiger partial charge in [0.1, 0.15) is 0 Å². The van der Waals surface area contributed by atoms with Gasteiger partial charge in [-0.15, -0.1) is 0 Å². The maximum atomic E-state index is 5.78. The number of rotatable bonds is 2. The van der Waals surface area contributed by atoms with Gasteiger partial charge in [0.2, 0.25) is 0 Å². The summed E-state index contributed by atoms with van der Waals surface area (Å²) in [4.78, 5) is 2.47. The molecule has 0 aliphatic carbocycles. The third kappa shape index (κ3) is 1.27. The first-order chi connectivity index (χ1) is 5.53. The Morgan fingerprint density at radius 3 is 2.50 bits per heavy atom. The predicted octanol–water partition coefficient (Wildman–Crippen LogP) is 1.31.